The maximum atomic E-state index is 13.5. The number of nitrogens with zero attached hydrogens (tertiary/aromatic N) is 1. The molecule has 174 valence electrons. The summed E-state index contributed by atoms with van der Waals surface area (Å²) < 4.78 is 25.2. The first-order valence-electron chi connectivity index (χ1n) is 12.0. The average molecular weight is 451 g/mol. The van der Waals surface area contributed by atoms with Gasteiger partial charge in [-0.1, -0.05) is 6.07 Å². The van der Waals surface area contributed by atoms with Gasteiger partial charge in [0.1, 0.15) is 11.5 Å². The second kappa shape index (κ2) is 9.46. The minimum Gasteiger partial charge on any atom is -0.493 e. The predicted octanol–water partition coefficient (Wildman–Crippen LogP) is 5.73. The molecular formula is C27H31FN2O3. The van der Waals surface area contributed by atoms with Gasteiger partial charge in [0.05, 0.1) is 13.2 Å². The number of hydrogen-bond acceptors (Lipinski definition) is 3. The van der Waals surface area contributed by atoms with Gasteiger partial charge in [-0.25, -0.2) is 4.39 Å². The SMILES string of the molecule is COc1ccc(CC2CCN(C(=O)c3cc4cc(F)ccc4[nH]3)CC2)cc1OC1CCCC1. The van der Waals surface area contributed by atoms with Gasteiger partial charge in [-0.3, -0.25) is 4.79 Å². The van der Waals surface area contributed by atoms with E-state index in [1.165, 1.54) is 30.5 Å². The number of H-pyrrole nitrogens is 1. The molecule has 6 heteroatoms. The molecule has 1 aliphatic carbocycles. The first-order valence-corrected chi connectivity index (χ1v) is 12.0. The molecule has 2 fully saturated rings. The highest BCUT2D eigenvalue weighted by atomic mass is 19.1. The summed E-state index contributed by atoms with van der Waals surface area (Å²) in [5.74, 6) is 1.87. The van der Waals surface area contributed by atoms with Gasteiger partial charge < -0.3 is 19.4 Å². The zero-order valence-corrected chi connectivity index (χ0v) is 19.1. The molecule has 0 atom stereocenters. The number of piperidine rings is 1. The smallest absolute Gasteiger partial charge is 0.270 e. The Labute approximate surface area is 193 Å². The van der Waals surface area contributed by atoms with Gasteiger partial charge in [0.15, 0.2) is 11.5 Å². The molecule has 1 amide bonds. The Morgan fingerprint density at radius 1 is 1.03 bits per heavy atom. The summed E-state index contributed by atoms with van der Waals surface area (Å²) in [5, 5.41) is 0.725. The van der Waals surface area contributed by atoms with Crippen LogP contribution in [0.5, 0.6) is 11.5 Å². The first-order chi connectivity index (χ1) is 16.1. The number of aromatic amines is 1. The number of carbonyl (C=O) groups excluding carboxylic acids is 1. The van der Waals surface area contributed by atoms with E-state index in [1.807, 2.05) is 11.0 Å². The molecule has 2 heterocycles. The molecule has 1 saturated heterocycles. The number of likely N-dealkylation sites (tertiary alicyclic amines) is 1. The topological polar surface area (TPSA) is 54.6 Å². The number of aromatic nitrogens is 1. The van der Waals surface area contributed by atoms with Crippen LogP contribution in [0.2, 0.25) is 0 Å². The highest BCUT2D eigenvalue weighted by Gasteiger charge is 2.25. The van der Waals surface area contributed by atoms with Crippen LogP contribution in [0.1, 0.15) is 54.6 Å². The molecule has 0 unspecified atom stereocenters. The predicted molar refractivity (Wildman–Crippen MR) is 126 cm³/mol. The van der Waals surface area contributed by atoms with Gasteiger partial charge in [-0.05, 0) is 92.8 Å². The molecule has 33 heavy (non-hydrogen) atoms. The van der Waals surface area contributed by atoms with Crippen molar-refractivity contribution in [3.05, 3.63) is 59.5 Å². The van der Waals surface area contributed by atoms with Crippen LogP contribution in [0.3, 0.4) is 0 Å². The third-order valence-electron chi connectivity index (χ3n) is 7.06. The number of carbonyl (C=O) groups is 1. The van der Waals surface area contributed by atoms with Gasteiger partial charge >= 0.3 is 0 Å². The number of benzene rings is 2. The van der Waals surface area contributed by atoms with E-state index in [2.05, 4.69) is 17.1 Å². The standard InChI is InChI=1S/C27H31FN2O3/c1-32-25-9-6-19(15-26(25)33-22-4-2-3-5-22)14-18-10-12-30(13-11-18)27(31)24-17-20-16-21(28)7-8-23(20)29-24/h6-9,15-18,22,29H,2-5,10-14H2,1H3. The van der Waals surface area contributed by atoms with Crippen molar-refractivity contribution in [1.29, 1.82) is 0 Å². The van der Waals surface area contributed by atoms with Crippen molar-refractivity contribution in [2.24, 2.45) is 5.92 Å². The van der Waals surface area contributed by atoms with Crippen molar-refractivity contribution in [2.45, 2.75) is 51.0 Å². The number of fused-ring (bicyclic) bond motifs is 1. The minimum atomic E-state index is -0.295. The Morgan fingerprint density at radius 2 is 1.82 bits per heavy atom. The van der Waals surface area contributed by atoms with Crippen LogP contribution in [0.25, 0.3) is 10.9 Å². The fourth-order valence-corrected chi connectivity index (χ4v) is 5.19. The van der Waals surface area contributed by atoms with Crippen LogP contribution in [-0.4, -0.2) is 42.1 Å². The molecule has 1 aliphatic heterocycles. The van der Waals surface area contributed by atoms with Crippen molar-refractivity contribution < 1.29 is 18.7 Å². The summed E-state index contributed by atoms with van der Waals surface area (Å²) in [5.41, 5.74) is 2.56. The lowest BCUT2D eigenvalue weighted by Crippen LogP contribution is -2.39. The van der Waals surface area contributed by atoms with E-state index in [9.17, 15) is 9.18 Å². The summed E-state index contributed by atoms with van der Waals surface area (Å²) in [6, 6.07) is 12.6. The largest absolute Gasteiger partial charge is 0.493 e. The Morgan fingerprint density at radius 3 is 2.58 bits per heavy atom. The molecule has 5 rings (SSSR count). The van der Waals surface area contributed by atoms with E-state index >= 15 is 0 Å². The average Bonchev–Trinajstić information content (AvgIpc) is 3.49. The minimum absolute atomic E-state index is 0.0123. The monoisotopic (exact) mass is 450 g/mol. The number of nitrogens with one attached hydrogen (secondary N) is 1. The highest BCUT2D eigenvalue weighted by Crippen LogP contribution is 2.34. The number of halogens is 1. The Hall–Kier alpha value is -3.02. The summed E-state index contributed by atoms with van der Waals surface area (Å²) >= 11 is 0. The lowest BCUT2D eigenvalue weighted by molar-refractivity contribution is 0.0685. The summed E-state index contributed by atoms with van der Waals surface area (Å²) in [6.45, 7) is 1.46. The molecule has 0 spiro atoms. The molecule has 2 aromatic carbocycles. The third-order valence-corrected chi connectivity index (χ3v) is 7.06. The Kier molecular flexibility index (Phi) is 6.25. The maximum Gasteiger partial charge on any atom is 0.270 e. The van der Waals surface area contributed by atoms with E-state index in [0.717, 1.165) is 67.6 Å². The van der Waals surface area contributed by atoms with Gasteiger partial charge in [0.25, 0.3) is 5.91 Å². The van der Waals surface area contributed by atoms with Gasteiger partial charge in [-0.15, -0.1) is 0 Å². The molecule has 1 saturated carbocycles. The van der Waals surface area contributed by atoms with Crippen LogP contribution in [0.4, 0.5) is 4.39 Å². The molecule has 3 aromatic rings. The molecule has 0 bridgehead atoms. The number of hydrogen-bond donors (Lipinski definition) is 1. The number of rotatable bonds is 6. The number of methoxy groups -OCH3 is 1. The fraction of sp³-hybridized carbons (Fsp3) is 0.444. The summed E-state index contributed by atoms with van der Waals surface area (Å²) in [7, 11) is 1.69. The zero-order chi connectivity index (χ0) is 22.8. The van der Waals surface area contributed by atoms with Crippen LogP contribution in [0, 0.1) is 11.7 Å². The molecule has 5 nitrogen and oxygen atoms in total. The lowest BCUT2D eigenvalue weighted by Gasteiger charge is -2.32. The Balaban J connectivity index is 1.20. The molecule has 2 aliphatic rings. The van der Waals surface area contributed by atoms with E-state index in [0.29, 0.717) is 17.7 Å². The Bertz CT molecular complexity index is 1130. The highest BCUT2D eigenvalue weighted by molar-refractivity contribution is 5.98. The molecule has 1 aromatic heterocycles. The normalized spacial score (nSPS) is 17.6. The van der Waals surface area contributed by atoms with Crippen molar-refractivity contribution in [3.8, 4) is 11.5 Å². The second-order valence-corrected chi connectivity index (χ2v) is 9.36. The first kappa shape index (κ1) is 21.8. The number of ether oxygens (including phenoxy) is 2. The van der Waals surface area contributed by atoms with Crippen LogP contribution < -0.4 is 9.47 Å². The van der Waals surface area contributed by atoms with Crippen LogP contribution in [0.15, 0.2) is 42.5 Å². The molecule has 1 N–H and O–H groups in total. The van der Waals surface area contributed by atoms with E-state index in [-0.39, 0.29) is 11.7 Å². The van der Waals surface area contributed by atoms with Crippen molar-refractivity contribution >= 4 is 16.8 Å². The van der Waals surface area contributed by atoms with E-state index in [4.69, 9.17) is 9.47 Å². The summed E-state index contributed by atoms with van der Waals surface area (Å²) in [4.78, 5) is 18.0. The fourth-order valence-electron chi connectivity index (χ4n) is 5.19. The summed E-state index contributed by atoms with van der Waals surface area (Å²) in [6.07, 6.45) is 7.90. The van der Waals surface area contributed by atoms with Gasteiger partial charge in [0.2, 0.25) is 0 Å². The van der Waals surface area contributed by atoms with Gasteiger partial charge in [-0.2, -0.15) is 0 Å². The van der Waals surface area contributed by atoms with E-state index < -0.39 is 0 Å². The second-order valence-electron chi connectivity index (χ2n) is 9.36. The van der Waals surface area contributed by atoms with Crippen molar-refractivity contribution in [3.63, 3.8) is 0 Å². The van der Waals surface area contributed by atoms with Crippen LogP contribution in [-0.2, 0) is 6.42 Å². The third kappa shape index (κ3) is 4.85. The maximum absolute atomic E-state index is 13.5. The molecular weight excluding hydrogens is 419 g/mol. The van der Waals surface area contributed by atoms with Gasteiger partial charge in [0, 0.05) is 24.0 Å². The molecule has 0 radical (unpaired) electrons. The van der Waals surface area contributed by atoms with Crippen molar-refractivity contribution in [2.75, 3.05) is 20.2 Å². The number of amides is 1. The lowest BCUT2D eigenvalue weighted by atomic mass is 9.90. The van der Waals surface area contributed by atoms with E-state index in [1.54, 1.807) is 19.2 Å². The van der Waals surface area contributed by atoms with Crippen LogP contribution >= 0.6 is 0 Å². The van der Waals surface area contributed by atoms with Crippen molar-refractivity contribution in [1.82, 2.24) is 9.88 Å². The zero-order valence-electron chi connectivity index (χ0n) is 19.1. The quantitative estimate of drug-likeness (QED) is 0.522.